The highest BCUT2D eigenvalue weighted by Gasteiger charge is 2.16. The Morgan fingerprint density at radius 3 is 2.61 bits per heavy atom. The van der Waals surface area contributed by atoms with E-state index in [4.69, 9.17) is 18.9 Å². The van der Waals surface area contributed by atoms with Crippen molar-refractivity contribution in [3.05, 3.63) is 48.5 Å². The normalized spacial score (nSPS) is 10.7. The summed E-state index contributed by atoms with van der Waals surface area (Å²) in [6.45, 7) is 3.30. The number of carbonyl (C=O) groups excluding carboxylic acids is 1. The summed E-state index contributed by atoms with van der Waals surface area (Å²) in [4.78, 5) is 16.4. The van der Waals surface area contributed by atoms with Gasteiger partial charge in [-0.05, 0) is 49.4 Å². The molecule has 164 valence electrons. The second-order valence-corrected chi connectivity index (χ2v) is 6.44. The second-order valence-electron chi connectivity index (χ2n) is 6.44. The van der Waals surface area contributed by atoms with E-state index in [0.29, 0.717) is 37.0 Å². The van der Waals surface area contributed by atoms with Gasteiger partial charge in [0.15, 0.2) is 5.82 Å². The molecule has 1 heterocycles. The van der Waals surface area contributed by atoms with Gasteiger partial charge in [0.2, 0.25) is 5.91 Å². The Balaban J connectivity index is 1.93. The number of anilines is 1. The van der Waals surface area contributed by atoms with Crippen LogP contribution < -0.4 is 14.8 Å². The maximum absolute atomic E-state index is 11.9. The highest BCUT2D eigenvalue weighted by molar-refractivity contribution is 5.91. The molecule has 2 aromatic carbocycles. The fourth-order valence-electron chi connectivity index (χ4n) is 2.84. The molecule has 3 aromatic rings. The molecule has 3 rings (SSSR count). The van der Waals surface area contributed by atoms with Gasteiger partial charge in [-0.2, -0.15) is 4.98 Å². The zero-order valence-electron chi connectivity index (χ0n) is 17.8. The van der Waals surface area contributed by atoms with Crippen molar-refractivity contribution in [2.75, 3.05) is 46.0 Å². The molecule has 9 heteroatoms. The first-order chi connectivity index (χ1) is 15.1. The summed E-state index contributed by atoms with van der Waals surface area (Å²) in [5.41, 5.74) is 2.17. The van der Waals surface area contributed by atoms with Crippen molar-refractivity contribution in [2.45, 2.75) is 6.92 Å². The Kier molecular flexibility index (Phi) is 7.97. The summed E-state index contributed by atoms with van der Waals surface area (Å²) in [5.74, 6) is 1.09. The first-order valence-electron chi connectivity index (χ1n) is 9.85. The zero-order valence-corrected chi connectivity index (χ0v) is 17.8. The lowest BCUT2D eigenvalue weighted by molar-refractivity contribution is -0.119. The van der Waals surface area contributed by atoms with Gasteiger partial charge in [0.05, 0.1) is 19.4 Å². The highest BCUT2D eigenvalue weighted by Crippen LogP contribution is 2.26. The smallest absolute Gasteiger partial charge is 0.336 e. The van der Waals surface area contributed by atoms with Gasteiger partial charge in [-0.3, -0.25) is 4.79 Å². The molecule has 0 saturated heterocycles. The lowest BCUT2D eigenvalue weighted by atomic mass is 10.2. The van der Waals surface area contributed by atoms with E-state index in [1.54, 1.807) is 23.9 Å². The Bertz CT molecular complexity index is 988. The van der Waals surface area contributed by atoms with Crippen molar-refractivity contribution in [3.8, 4) is 28.8 Å². The van der Waals surface area contributed by atoms with E-state index < -0.39 is 0 Å². The van der Waals surface area contributed by atoms with Crippen LogP contribution in [-0.2, 0) is 14.3 Å². The summed E-state index contributed by atoms with van der Waals surface area (Å²) < 4.78 is 22.8. The Morgan fingerprint density at radius 1 is 1.10 bits per heavy atom. The number of nitrogens with one attached hydrogen (secondary N) is 1. The summed E-state index contributed by atoms with van der Waals surface area (Å²) in [6.07, 6.45) is 0. The summed E-state index contributed by atoms with van der Waals surface area (Å²) in [5, 5.41) is 7.31. The molecule has 1 aromatic heterocycles. The van der Waals surface area contributed by atoms with Crippen LogP contribution in [0.5, 0.6) is 11.8 Å². The van der Waals surface area contributed by atoms with Crippen LogP contribution in [0.1, 0.15) is 6.92 Å². The molecule has 9 nitrogen and oxygen atoms in total. The molecule has 0 aliphatic carbocycles. The Morgan fingerprint density at radius 2 is 1.90 bits per heavy atom. The number of aromatic nitrogens is 3. The molecule has 0 fully saturated rings. The molecule has 0 spiro atoms. The van der Waals surface area contributed by atoms with Crippen LogP contribution in [0, 0.1) is 0 Å². The predicted octanol–water partition coefficient (Wildman–Crippen LogP) is 2.94. The molecule has 0 aliphatic rings. The molecule has 31 heavy (non-hydrogen) atoms. The van der Waals surface area contributed by atoms with Crippen molar-refractivity contribution >= 4 is 11.6 Å². The molecular formula is C22H26N4O5. The van der Waals surface area contributed by atoms with Gasteiger partial charge in [0, 0.05) is 25.0 Å². The molecule has 0 aliphatic heterocycles. The van der Waals surface area contributed by atoms with Crippen LogP contribution >= 0.6 is 0 Å². The number of hydrogen-bond acceptors (Lipinski definition) is 7. The Labute approximate surface area is 180 Å². The van der Waals surface area contributed by atoms with Crippen LogP contribution in [0.25, 0.3) is 17.1 Å². The predicted molar refractivity (Wildman–Crippen MR) is 116 cm³/mol. The fraction of sp³-hybridized carbons (Fsp3) is 0.318. The van der Waals surface area contributed by atoms with Gasteiger partial charge in [-0.25, -0.2) is 4.68 Å². The monoisotopic (exact) mass is 426 g/mol. The van der Waals surface area contributed by atoms with E-state index in [9.17, 15) is 4.79 Å². The van der Waals surface area contributed by atoms with E-state index in [1.165, 1.54) is 7.11 Å². The fourth-order valence-corrected chi connectivity index (χ4v) is 2.84. The lowest BCUT2D eigenvalue weighted by Gasteiger charge is -2.09. The number of methoxy groups -OCH3 is 2. The topological polar surface area (TPSA) is 96.7 Å². The summed E-state index contributed by atoms with van der Waals surface area (Å²) in [7, 11) is 3.09. The number of carbonyl (C=O) groups is 1. The standard InChI is InChI=1S/C22H26N4O5/c1-4-30-12-13-31-22-24-21(16-8-10-19(29-3)11-9-16)26(25-22)18-7-5-6-17(14-18)23-20(27)15-28-2/h5-11,14H,4,12-13,15H2,1-3H3,(H,23,27). The van der Waals surface area contributed by atoms with E-state index in [2.05, 4.69) is 15.4 Å². The van der Waals surface area contributed by atoms with Gasteiger partial charge in [-0.15, -0.1) is 5.10 Å². The second kappa shape index (κ2) is 11.1. The molecule has 0 saturated carbocycles. The summed E-state index contributed by atoms with van der Waals surface area (Å²) >= 11 is 0. The maximum Gasteiger partial charge on any atom is 0.336 e. The molecule has 0 unspecified atom stereocenters. The van der Waals surface area contributed by atoms with Gasteiger partial charge in [0.25, 0.3) is 0 Å². The number of ether oxygens (including phenoxy) is 4. The quantitative estimate of drug-likeness (QED) is 0.471. The Hall–Kier alpha value is -3.43. The van der Waals surface area contributed by atoms with Crippen molar-refractivity contribution in [2.24, 2.45) is 0 Å². The van der Waals surface area contributed by atoms with Gasteiger partial charge in [-0.1, -0.05) is 6.07 Å². The van der Waals surface area contributed by atoms with Crippen LogP contribution in [-0.4, -0.2) is 61.3 Å². The number of amides is 1. The van der Waals surface area contributed by atoms with Crippen molar-refractivity contribution in [1.82, 2.24) is 14.8 Å². The van der Waals surface area contributed by atoms with Crippen LogP contribution in [0.15, 0.2) is 48.5 Å². The van der Waals surface area contributed by atoms with Gasteiger partial charge >= 0.3 is 6.01 Å². The molecular weight excluding hydrogens is 400 g/mol. The summed E-state index contributed by atoms with van der Waals surface area (Å²) in [6, 6.07) is 15.0. The number of rotatable bonds is 11. The molecule has 1 amide bonds. The SMILES string of the molecule is CCOCCOc1nc(-c2ccc(OC)cc2)n(-c2cccc(NC(=O)COC)c2)n1. The van der Waals surface area contributed by atoms with E-state index >= 15 is 0 Å². The third kappa shape index (κ3) is 6.03. The van der Waals surface area contributed by atoms with Crippen molar-refractivity contribution < 1.29 is 23.7 Å². The number of nitrogens with zero attached hydrogens (tertiary/aromatic N) is 3. The van der Waals surface area contributed by atoms with Crippen LogP contribution in [0.4, 0.5) is 5.69 Å². The minimum atomic E-state index is -0.242. The highest BCUT2D eigenvalue weighted by atomic mass is 16.5. The number of benzene rings is 2. The van der Waals surface area contributed by atoms with E-state index in [0.717, 1.165) is 11.3 Å². The average molecular weight is 426 g/mol. The molecule has 0 atom stereocenters. The first-order valence-corrected chi connectivity index (χ1v) is 9.85. The molecule has 1 N–H and O–H groups in total. The van der Waals surface area contributed by atoms with Crippen molar-refractivity contribution in [1.29, 1.82) is 0 Å². The van der Waals surface area contributed by atoms with Crippen molar-refractivity contribution in [3.63, 3.8) is 0 Å². The van der Waals surface area contributed by atoms with Gasteiger partial charge in [0.1, 0.15) is 19.0 Å². The minimum Gasteiger partial charge on any atom is -0.497 e. The third-order valence-electron chi connectivity index (χ3n) is 4.25. The average Bonchev–Trinajstić information content (AvgIpc) is 3.21. The van der Waals surface area contributed by atoms with E-state index in [1.807, 2.05) is 43.3 Å². The lowest BCUT2D eigenvalue weighted by Crippen LogP contribution is -2.17. The van der Waals surface area contributed by atoms with Crippen LogP contribution in [0.2, 0.25) is 0 Å². The molecule has 0 radical (unpaired) electrons. The zero-order chi connectivity index (χ0) is 22.1. The van der Waals surface area contributed by atoms with Gasteiger partial charge < -0.3 is 24.3 Å². The molecule has 0 bridgehead atoms. The van der Waals surface area contributed by atoms with E-state index in [-0.39, 0.29) is 18.5 Å². The maximum atomic E-state index is 11.9. The number of hydrogen-bond donors (Lipinski definition) is 1. The third-order valence-corrected chi connectivity index (χ3v) is 4.25. The van der Waals surface area contributed by atoms with Crippen LogP contribution in [0.3, 0.4) is 0 Å². The first kappa shape index (κ1) is 22.3. The largest absolute Gasteiger partial charge is 0.497 e. The minimum absolute atomic E-state index is 0.0253.